The number of nitrogen functional groups attached to an aromatic ring is 1. The van der Waals surface area contributed by atoms with Gasteiger partial charge in [0.1, 0.15) is 11.6 Å². The lowest BCUT2D eigenvalue weighted by Crippen LogP contribution is -2.44. The summed E-state index contributed by atoms with van der Waals surface area (Å²) in [6.07, 6.45) is 4.78. The number of rotatable bonds is 3. The normalized spacial score (nSPS) is 18.2. The Labute approximate surface area is 147 Å². The molecule has 1 saturated heterocycles. The maximum atomic E-state index is 12.1. The van der Waals surface area contributed by atoms with Crippen molar-refractivity contribution < 1.29 is 8.95 Å². The minimum absolute atomic E-state index is 0.182. The number of anilines is 2. The predicted molar refractivity (Wildman–Crippen MR) is 99.4 cm³/mol. The summed E-state index contributed by atoms with van der Waals surface area (Å²) in [6.45, 7) is 4.07. The van der Waals surface area contributed by atoms with Crippen LogP contribution in [0.3, 0.4) is 0 Å². The van der Waals surface area contributed by atoms with E-state index in [0.29, 0.717) is 30.7 Å². The monoisotopic (exact) mass is 362 g/mol. The van der Waals surface area contributed by atoms with E-state index in [0.717, 1.165) is 17.9 Å². The highest BCUT2D eigenvalue weighted by Crippen LogP contribution is 2.26. The van der Waals surface area contributed by atoms with Gasteiger partial charge in [-0.1, -0.05) is 0 Å². The van der Waals surface area contributed by atoms with Gasteiger partial charge in [0.2, 0.25) is 0 Å². The minimum atomic E-state index is -2.34. The molecule has 9 heteroatoms. The zero-order chi connectivity index (χ0) is 18.0. The van der Waals surface area contributed by atoms with Crippen molar-refractivity contribution in [1.29, 1.82) is 0 Å². The van der Waals surface area contributed by atoms with Crippen LogP contribution in [0, 0.1) is 0 Å². The Kier molecular flexibility index (Phi) is 4.87. The van der Waals surface area contributed by atoms with Crippen molar-refractivity contribution in [3.63, 3.8) is 0 Å². The molecule has 1 aliphatic rings. The zero-order valence-corrected chi connectivity index (χ0v) is 15.4. The Balaban J connectivity index is 2.11. The first-order valence-electron chi connectivity index (χ1n) is 7.94. The lowest BCUT2D eigenvalue weighted by Gasteiger charge is -2.34. The third-order valence-electron chi connectivity index (χ3n) is 3.72. The molecule has 2 N–H and O–H groups in total. The molecule has 0 radical (unpaired) electrons. The number of nitrogens with two attached hydrogens (primary N) is 1. The van der Waals surface area contributed by atoms with Gasteiger partial charge in [-0.3, -0.25) is 0 Å². The third-order valence-corrected chi connectivity index (χ3v) is 4.35. The second-order valence-corrected chi connectivity index (χ2v) is 8.81. The molecule has 25 heavy (non-hydrogen) atoms. The first-order valence-corrected chi connectivity index (χ1v) is 10.3. The Morgan fingerprint density at radius 2 is 2.16 bits per heavy atom. The van der Waals surface area contributed by atoms with Crippen molar-refractivity contribution in [3.8, 4) is 11.4 Å². The maximum absolute atomic E-state index is 12.1. The molecule has 1 fully saturated rings. The van der Waals surface area contributed by atoms with Crippen molar-refractivity contribution in [1.82, 2.24) is 15.0 Å². The second-order valence-electron chi connectivity index (χ2n) is 6.27. The van der Waals surface area contributed by atoms with Gasteiger partial charge in [-0.25, -0.2) is 19.2 Å². The van der Waals surface area contributed by atoms with Gasteiger partial charge in [0.15, 0.2) is 11.6 Å². The minimum Gasteiger partial charge on any atom is -0.384 e. The number of hydrogen-bond donors (Lipinski definition) is 1. The second kappa shape index (κ2) is 6.93. The van der Waals surface area contributed by atoms with E-state index < -0.39 is 9.73 Å². The van der Waals surface area contributed by atoms with E-state index in [9.17, 15) is 4.21 Å². The van der Waals surface area contributed by atoms with Gasteiger partial charge in [0.25, 0.3) is 0 Å². The van der Waals surface area contributed by atoms with Gasteiger partial charge in [-0.15, -0.1) is 0 Å². The van der Waals surface area contributed by atoms with Crippen LogP contribution in [0.5, 0.6) is 0 Å². The van der Waals surface area contributed by atoms with Crippen molar-refractivity contribution >= 4 is 27.2 Å². The van der Waals surface area contributed by atoms with Crippen molar-refractivity contribution in [3.05, 3.63) is 24.4 Å². The SMILES string of the molecule is C[C@@H]1COCCN1c1cc(N=S(C)(C)=O)nc(-c2ccc(N)nc2)n1. The van der Waals surface area contributed by atoms with E-state index in [-0.39, 0.29) is 6.04 Å². The third kappa shape index (κ3) is 4.43. The molecule has 3 heterocycles. The molecule has 0 saturated carbocycles. The van der Waals surface area contributed by atoms with Gasteiger partial charge in [0.05, 0.1) is 19.3 Å². The van der Waals surface area contributed by atoms with Gasteiger partial charge in [0, 0.05) is 46.6 Å². The molecule has 8 nitrogen and oxygen atoms in total. The molecule has 1 atom stereocenters. The summed E-state index contributed by atoms with van der Waals surface area (Å²) in [5.41, 5.74) is 6.38. The quantitative estimate of drug-likeness (QED) is 0.885. The molecule has 0 bridgehead atoms. The van der Waals surface area contributed by atoms with E-state index in [2.05, 4.69) is 31.1 Å². The van der Waals surface area contributed by atoms with Crippen LogP contribution in [0.4, 0.5) is 17.5 Å². The molecular weight excluding hydrogens is 340 g/mol. The van der Waals surface area contributed by atoms with Crippen molar-refractivity contribution in [2.24, 2.45) is 4.36 Å². The van der Waals surface area contributed by atoms with Gasteiger partial charge >= 0.3 is 0 Å². The Bertz CT molecular complexity index is 869. The summed E-state index contributed by atoms with van der Waals surface area (Å²) >= 11 is 0. The molecule has 0 aliphatic carbocycles. The highest BCUT2D eigenvalue weighted by Gasteiger charge is 2.22. The lowest BCUT2D eigenvalue weighted by atomic mass is 10.2. The number of aromatic nitrogens is 3. The summed E-state index contributed by atoms with van der Waals surface area (Å²) in [6, 6.07) is 5.45. The van der Waals surface area contributed by atoms with E-state index in [1.165, 1.54) is 0 Å². The first-order chi connectivity index (χ1) is 11.8. The average Bonchev–Trinajstić information content (AvgIpc) is 2.54. The molecule has 134 valence electrons. The largest absolute Gasteiger partial charge is 0.384 e. The molecule has 3 rings (SSSR count). The predicted octanol–water partition coefficient (Wildman–Crippen LogP) is 1.70. The lowest BCUT2D eigenvalue weighted by molar-refractivity contribution is 0.0985. The summed E-state index contributed by atoms with van der Waals surface area (Å²) in [4.78, 5) is 15.3. The van der Waals surface area contributed by atoms with Gasteiger partial charge in [-0.2, -0.15) is 4.36 Å². The summed E-state index contributed by atoms with van der Waals surface area (Å²) < 4.78 is 21.9. The van der Waals surface area contributed by atoms with E-state index in [1.807, 2.05) is 6.07 Å². The molecular formula is C16H22N6O2S. The van der Waals surface area contributed by atoms with E-state index in [4.69, 9.17) is 10.5 Å². The van der Waals surface area contributed by atoms with Crippen LogP contribution in [-0.2, 0) is 14.5 Å². The standard InChI is InChI=1S/C16H22N6O2S/c1-11-10-24-7-6-22(11)15-8-14(21-25(2,3)23)19-16(20-15)12-4-5-13(17)18-9-12/h4-5,8-9,11H,6-7,10H2,1-3H3,(H2,17,18)/t11-/m1/s1. The average molecular weight is 362 g/mol. The molecule has 0 unspecified atom stereocenters. The summed E-state index contributed by atoms with van der Waals surface area (Å²) in [5, 5.41) is 0. The molecule has 2 aromatic rings. The van der Waals surface area contributed by atoms with E-state index >= 15 is 0 Å². The van der Waals surface area contributed by atoms with Crippen LogP contribution in [-0.4, -0.2) is 57.5 Å². The molecule has 0 aromatic carbocycles. The van der Waals surface area contributed by atoms with Crippen molar-refractivity contribution in [2.45, 2.75) is 13.0 Å². The van der Waals surface area contributed by atoms with Crippen LogP contribution in [0.25, 0.3) is 11.4 Å². The Morgan fingerprint density at radius 3 is 2.80 bits per heavy atom. The number of morpholine rings is 1. The van der Waals surface area contributed by atoms with Crippen LogP contribution in [0.1, 0.15) is 6.92 Å². The van der Waals surface area contributed by atoms with Gasteiger partial charge < -0.3 is 15.4 Å². The van der Waals surface area contributed by atoms with E-state index in [1.54, 1.807) is 30.8 Å². The van der Waals surface area contributed by atoms with Crippen LogP contribution < -0.4 is 10.6 Å². The summed E-state index contributed by atoms with van der Waals surface area (Å²) in [7, 11) is -2.34. The number of nitrogens with zero attached hydrogens (tertiary/aromatic N) is 5. The fourth-order valence-electron chi connectivity index (χ4n) is 2.58. The fourth-order valence-corrected chi connectivity index (χ4v) is 3.12. The first kappa shape index (κ1) is 17.6. The van der Waals surface area contributed by atoms with Crippen LogP contribution in [0.2, 0.25) is 0 Å². The highest BCUT2D eigenvalue weighted by atomic mass is 32.2. The highest BCUT2D eigenvalue weighted by molar-refractivity contribution is 7.92. The number of ether oxygens (including phenoxy) is 1. The topological polar surface area (TPSA) is 107 Å². The molecule has 0 amide bonds. The number of pyridine rings is 1. The van der Waals surface area contributed by atoms with Crippen molar-refractivity contribution in [2.75, 3.05) is 42.9 Å². The maximum Gasteiger partial charge on any atom is 0.167 e. The van der Waals surface area contributed by atoms with Crippen LogP contribution >= 0.6 is 0 Å². The molecule has 2 aromatic heterocycles. The Morgan fingerprint density at radius 1 is 1.36 bits per heavy atom. The van der Waals surface area contributed by atoms with Crippen LogP contribution in [0.15, 0.2) is 28.8 Å². The smallest absolute Gasteiger partial charge is 0.167 e. The van der Waals surface area contributed by atoms with Gasteiger partial charge in [-0.05, 0) is 19.1 Å². The fraction of sp³-hybridized carbons (Fsp3) is 0.438. The molecule has 1 aliphatic heterocycles. The zero-order valence-electron chi connectivity index (χ0n) is 14.5. The number of hydrogen-bond acceptors (Lipinski definition) is 8. The summed E-state index contributed by atoms with van der Waals surface area (Å²) in [5.74, 6) is 2.04. The molecule has 0 spiro atoms. The Hall–Kier alpha value is -2.26.